The normalized spacial score (nSPS) is 25.6. The van der Waals surface area contributed by atoms with E-state index in [1.54, 1.807) is 0 Å². The molecule has 6 nitrogen and oxygen atoms in total. The molecule has 1 aromatic heterocycles. The molecule has 2 N–H and O–H groups in total. The molecule has 3 unspecified atom stereocenters. The molecule has 0 aromatic carbocycles. The second-order valence-electron chi connectivity index (χ2n) is 6.88. The largest absolute Gasteiger partial charge is 0.355 e. The number of aryl methyl sites for hydroxylation is 1. The van der Waals surface area contributed by atoms with E-state index in [1.807, 2.05) is 6.33 Å². The van der Waals surface area contributed by atoms with Crippen LogP contribution in [0.3, 0.4) is 0 Å². The number of nitrogens with zero attached hydrogens (tertiary/aromatic N) is 4. The first-order valence-corrected chi connectivity index (χ1v) is 9.21. The van der Waals surface area contributed by atoms with Crippen LogP contribution in [0.2, 0.25) is 0 Å². The van der Waals surface area contributed by atoms with E-state index < -0.39 is 0 Å². The van der Waals surface area contributed by atoms with Gasteiger partial charge >= 0.3 is 0 Å². The number of halogens is 1. The van der Waals surface area contributed by atoms with Gasteiger partial charge in [-0.3, -0.25) is 4.99 Å². The average molecular weight is 446 g/mol. The Kier molecular flexibility index (Phi) is 7.77. The Labute approximate surface area is 162 Å². The number of hydrogen-bond acceptors (Lipinski definition) is 3. The van der Waals surface area contributed by atoms with E-state index in [0.717, 1.165) is 56.1 Å². The predicted molar refractivity (Wildman–Crippen MR) is 108 cm³/mol. The molecule has 24 heavy (non-hydrogen) atoms. The van der Waals surface area contributed by atoms with Crippen molar-refractivity contribution in [2.45, 2.75) is 65.0 Å². The van der Waals surface area contributed by atoms with Crippen molar-refractivity contribution in [3.8, 4) is 0 Å². The van der Waals surface area contributed by atoms with Gasteiger partial charge in [0.15, 0.2) is 5.96 Å². The Morgan fingerprint density at radius 1 is 1.33 bits per heavy atom. The topological polar surface area (TPSA) is 67.1 Å². The van der Waals surface area contributed by atoms with Crippen LogP contribution in [0.15, 0.2) is 11.3 Å². The molecule has 136 valence electrons. The number of rotatable bonds is 7. The van der Waals surface area contributed by atoms with Crippen LogP contribution >= 0.6 is 24.0 Å². The minimum Gasteiger partial charge on any atom is -0.355 e. The molecule has 0 aliphatic heterocycles. The van der Waals surface area contributed by atoms with Gasteiger partial charge in [0, 0.05) is 32.1 Å². The monoisotopic (exact) mass is 446 g/mol. The maximum Gasteiger partial charge on any atom is 0.191 e. The standard InChI is InChI=1S/C17H30N6.HI/c1-3-7-18-17(21-15-11-13-5-6-14(15)10-13)19-8-9-23-12-20-22-16(23)4-2;/h12-15H,3-11H2,1-2H3,(H2,18,19,21);1H. The number of hydrogen-bond donors (Lipinski definition) is 2. The molecule has 2 fully saturated rings. The highest BCUT2D eigenvalue weighted by Crippen LogP contribution is 2.44. The van der Waals surface area contributed by atoms with Crippen LogP contribution in [-0.2, 0) is 13.0 Å². The first-order valence-electron chi connectivity index (χ1n) is 9.21. The maximum absolute atomic E-state index is 4.70. The molecule has 2 saturated carbocycles. The molecule has 1 aromatic rings. The van der Waals surface area contributed by atoms with Crippen molar-refractivity contribution in [2.24, 2.45) is 16.8 Å². The molecule has 0 radical (unpaired) electrons. The minimum atomic E-state index is 0. The van der Waals surface area contributed by atoms with Crippen LogP contribution < -0.4 is 10.6 Å². The van der Waals surface area contributed by atoms with E-state index in [-0.39, 0.29) is 24.0 Å². The summed E-state index contributed by atoms with van der Waals surface area (Å²) >= 11 is 0. The van der Waals surface area contributed by atoms with Crippen LogP contribution in [0.5, 0.6) is 0 Å². The van der Waals surface area contributed by atoms with Crippen LogP contribution in [0.25, 0.3) is 0 Å². The van der Waals surface area contributed by atoms with Gasteiger partial charge < -0.3 is 15.2 Å². The van der Waals surface area contributed by atoms with Gasteiger partial charge in [-0.15, -0.1) is 34.2 Å². The fraction of sp³-hybridized carbons (Fsp3) is 0.824. The molecule has 1 heterocycles. The third-order valence-corrected chi connectivity index (χ3v) is 5.21. The lowest BCUT2D eigenvalue weighted by atomic mass is 9.95. The highest BCUT2D eigenvalue weighted by atomic mass is 127. The number of guanidine groups is 1. The van der Waals surface area contributed by atoms with E-state index in [2.05, 4.69) is 39.2 Å². The molecule has 0 saturated heterocycles. The summed E-state index contributed by atoms with van der Waals surface area (Å²) in [5, 5.41) is 15.3. The van der Waals surface area contributed by atoms with Gasteiger partial charge in [-0.1, -0.05) is 20.3 Å². The number of nitrogens with one attached hydrogen (secondary N) is 2. The smallest absolute Gasteiger partial charge is 0.191 e. The Hall–Kier alpha value is -0.860. The summed E-state index contributed by atoms with van der Waals surface area (Å²) < 4.78 is 2.11. The zero-order valence-corrected chi connectivity index (χ0v) is 17.2. The number of fused-ring (bicyclic) bond motifs is 2. The Balaban J connectivity index is 0.00000208. The van der Waals surface area contributed by atoms with Crippen molar-refractivity contribution < 1.29 is 0 Å². The lowest BCUT2D eigenvalue weighted by molar-refractivity contribution is 0.387. The second kappa shape index (κ2) is 9.58. The Morgan fingerprint density at radius 3 is 2.88 bits per heavy atom. The quantitative estimate of drug-likeness (QED) is 0.384. The highest BCUT2D eigenvalue weighted by Gasteiger charge is 2.39. The van der Waals surface area contributed by atoms with E-state index in [9.17, 15) is 0 Å². The van der Waals surface area contributed by atoms with Gasteiger partial charge in [-0.2, -0.15) is 0 Å². The summed E-state index contributed by atoms with van der Waals surface area (Å²) in [6.07, 6.45) is 9.37. The molecule has 2 aliphatic rings. The Bertz CT molecular complexity index is 529. The molecule has 7 heteroatoms. The molecule has 0 amide bonds. The SMILES string of the molecule is CCCN=C(NCCn1cnnc1CC)NC1CC2CCC1C2.I. The van der Waals surface area contributed by atoms with E-state index in [4.69, 9.17) is 4.99 Å². The van der Waals surface area contributed by atoms with Gasteiger partial charge in [0.05, 0.1) is 0 Å². The van der Waals surface area contributed by atoms with Crippen molar-refractivity contribution in [3.05, 3.63) is 12.2 Å². The van der Waals surface area contributed by atoms with E-state index in [0.29, 0.717) is 6.04 Å². The summed E-state index contributed by atoms with van der Waals surface area (Å²) in [5.41, 5.74) is 0. The minimum absolute atomic E-state index is 0. The Morgan fingerprint density at radius 2 is 2.21 bits per heavy atom. The summed E-state index contributed by atoms with van der Waals surface area (Å²) in [6.45, 7) is 6.88. The van der Waals surface area contributed by atoms with Gasteiger partial charge in [-0.25, -0.2) is 0 Å². The number of aromatic nitrogens is 3. The van der Waals surface area contributed by atoms with Crippen LogP contribution in [0, 0.1) is 11.8 Å². The summed E-state index contributed by atoms with van der Waals surface area (Å²) in [4.78, 5) is 4.70. The fourth-order valence-electron chi connectivity index (χ4n) is 4.01. The summed E-state index contributed by atoms with van der Waals surface area (Å²) in [5.74, 6) is 3.84. The lowest BCUT2D eigenvalue weighted by Gasteiger charge is -2.25. The highest BCUT2D eigenvalue weighted by molar-refractivity contribution is 14.0. The summed E-state index contributed by atoms with van der Waals surface area (Å²) in [7, 11) is 0. The first kappa shape index (κ1) is 19.5. The molecule has 0 spiro atoms. The molecule has 2 bridgehead atoms. The van der Waals surface area contributed by atoms with Gasteiger partial charge in [0.1, 0.15) is 12.2 Å². The van der Waals surface area contributed by atoms with Crippen molar-refractivity contribution in [3.63, 3.8) is 0 Å². The van der Waals surface area contributed by atoms with Gasteiger partial charge in [0.2, 0.25) is 0 Å². The third kappa shape index (κ3) is 4.83. The van der Waals surface area contributed by atoms with Crippen LogP contribution in [-0.4, -0.2) is 39.9 Å². The average Bonchev–Trinajstić information content (AvgIpc) is 3.28. The third-order valence-electron chi connectivity index (χ3n) is 5.21. The zero-order chi connectivity index (χ0) is 16.1. The fourth-order valence-corrected chi connectivity index (χ4v) is 4.01. The zero-order valence-electron chi connectivity index (χ0n) is 14.9. The van der Waals surface area contributed by atoms with E-state index >= 15 is 0 Å². The van der Waals surface area contributed by atoms with Crippen molar-refractivity contribution >= 4 is 29.9 Å². The van der Waals surface area contributed by atoms with Gasteiger partial charge in [-0.05, 0) is 37.5 Å². The van der Waals surface area contributed by atoms with Crippen molar-refractivity contribution in [1.82, 2.24) is 25.4 Å². The molecule has 3 rings (SSSR count). The molecular weight excluding hydrogens is 415 g/mol. The molecule has 3 atom stereocenters. The van der Waals surface area contributed by atoms with Crippen molar-refractivity contribution in [2.75, 3.05) is 13.1 Å². The summed E-state index contributed by atoms with van der Waals surface area (Å²) in [6, 6.07) is 0.623. The predicted octanol–water partition coefficient (Wildman–Crippen LogP) is 2.59. The molecular formula is C17H31IN6. The first-order chi connectivity index (χ1) is 11.3. The van der Waals surface area contributed by atoms with Crippen LogP contribution in [0.1, 0.15) is 51.8 Å². The maximum atomic E-state index is 4.70. The van der Waals surface area contributed by atoms with Crippen molar-refractivity contribution in [1.29, 1.82) is 0 Å². The lowest BCUT2D eigenvalue weighted by Crippen LogP contribution is -2.46. The van der Waals surface area contributed by atoms with Gasteiger partial charge in [0.25, 0.3) is 0 Å². The van der Waals surface area contributed by atoms with E-state index in [1.165, 1.54) is 25.7 Å². The number of aliphatic imine (C=N–C) groups is 1. The molecule has 2 aliphatic carbocycles. The van der Waals surface area contributed by atoms with Crippen LogP contribution in [0.4, 0.5) is 0 Å². The second-order valence-corrected chi connectivity index (χ2v) is 6.88.